The molecule has 24 nitrogen and oxygen atoms in total. The summed E-state index contributed by atoms with van der Waals surface area (Å²) in [5, 5.41) is 50.1. The van der Waals surface area contributed by atoms with Crippen LogP contribution in [0.25, 0.3) is 0 Å². The molecule has 0 fully saturated rings. The molecule has 0 aliphatic heterocycles. The van der Waals surface area contributed by atoms with Gasteiger partial charge in [0.25, 0.3) is 0 Å². The molecule has 0 heterocycles. The van der Waals surface area contributed by atoms with Crippen molar-refractivity contribution in [1.29, 1.82) is 0 Å². The highest BCUT2D eigenvalue weighted by atomic mass is 32.2. The zero-order valence-corrected chi connectivity index (χ0v) is 45.8. The van der Waals surface area contributed by atoms with Gasteiger partial charge in [-0.05, 0) is 106 Å². The first-order chi connectivity index (χ1) is 36.3. The van der Waals surface area contributed by atoms with Crippen molar-refractivity contribution in [2.75, 3.05) is 18.6 Å². The second-order valence-electron chi connectivity index (χ2n) is 19.7. The maximum Gasteiger partial charge on any atom is 0.326 e. The van der Waals surface area contributed by atoms with Crippen LogP contribution in [0.15, 0.2) is 54.6 Å². The first kappa shape index (κ1) is 66.3. The Hall–Kier alpha value is -6.83. The Bertz CT molecular complexity index is 2270. The topological polar surface area (TPSA) is 406 Å². The lowest BCUT2D eigenvalue weighted by molar-refractivity contribution is -0.142. The lowest BCUT2D eigenvalue weighted by Crippen LogP contribution is -2.61. The van der Waals surface area contributed by atoms with Gasteiger partial charge >= 0.3 is 5.97 Å². The number of nitrogens with one attached hydrogen (secondary N) is 8. The molecule has 0 aliphatic carbocycles. The SMILES string of the molecule is CSCC[C@H](NC(=O)[C@H](C)NC(=O)[C@@H](N)[C@@H](C)O)C(=O)N[C@@H](CCC(N)=O)C(=O)N[C@@H](Cc1ccccc1)C(=O)N[C@@H](CCCCN)C(=O)N[C@@H](CC(C)C)C(=O)N[C@H](C(=O)N[C@@H](Cc1ccc(O)cc1)C(=O)O)C(C)C. The van der Waals surface area contributed by atoms with Crippen molar-refractivity contribution in [2.45, 2.75) is 160 Å². The van der Waals surface area contributed by atoms with Gasteiger partial charge in [0.1, 0.15) is 60.1 Å². The van der Waals surface area contributed by atoms with E-state index in [0.717, 1.165) is 0 Å². The van der Waals surface area contributed by atoms with Gasteiger partial charge in [0.15, 0.2) is 0 Å². The van der Waals surface area contributed by atoms with Crippen molar-refractivity contribution >= 4 is 70.9 Å². The fourth-order valence-corrected chi connectivity index (χ4v) is 8.15. The van der Waals surface area contributed by atoms with E-state index in [0.29, 0.717) is 29.7 Å². The van der Waals surface area contributed by atoms with E-state index in [2.05, 4.69) is 42.5 Å². The van der Waals surface area contributed by atoms with Gasteiger partial charge in [0.2, 0.25) is 53.2 Å². The zero-order chi connectivity index (χ0) is 57.9. The Labute approximate surface area is 454 Å². The molecular formula is C52H81N11O13S. The Balaban J connectivity index is 2.45. The van der Waals surface area contributed by atoms with E-state index in [1.807, 2.05) is 0 Å². The molecule has 9 amide bonds. The Morgan fingerprint density at radius 1 is 0.558 bits per heavy atom. The molecule has 0 unspecified atom stereocenters. The number of benzene rings is 2. The predicted octanol–water partition coefficient (Wildman–Crippen LogP) is -1.28. The summed E-state index contributed by atoms with van der Waals surface area (Å²) >= 11 is 1.36. The summed E-state index contributed by atoms with van der Waals surface area (Å²) < 4.78 is 0. The van der Waals surface area contributed by atoms with Crippen molar-refractivity contribution in [3.05, 3.63) is 65.7 Å². The minimum absolute atomic E-state index is 0.0270. The quantitative estimate of drug-likeness (QED) is 0.0358. The first-order valence-electron chi connectivity index (χ1n) is 25.7. The maximum absolute atomic E-state index is 14.5. The van der Waals surface area contributed by atoms with E-state index in [1.54, 1.807) is 64.3 Å². The minimum Gasteiger partial charge on any atom is -0.508 e. The van der Waals surface area contributed by atoms with Crippen LogP contribution in [0.2, 0.25) is 0 Å². The van der Waals surface area contributed by atoms with Crippen LogP contribution in [0.3, 0.4) is 0 Å². The number of phenols is 1. The summed E-state index contributed by atoms with van der Waals surface area (Å²) in [6.45, 7) is 9.79. The number of phenolic OH excluding ortho intramolecular Hbond substituents is 1. The Kier molecular flexibility index (Phi) is 29.3. The second kappa shape index (κ2) is 34.0. The van der Waals surface area contributed by atoms with Gasteiger partial charge in [0, 0.05) is 19.3 Å². The maximum atomic E-state index is 14.5. The summed E-state index contributed by atoms with van der Waals surface area (Å²) in [7, 11) is 0. The Morgan fingerprint density at radius 2 is 1.04 bits per heavy atom. The molecule has 0 saturated carbocycles. The number of hydrogen-bond acceptors (Lipinski definition) is 15. The smallest absolute Gasteiger partial charge is 0.326 e. The lowest BCUT2D eigenvalue weighted by Gasteiger charge is -2.29. The fourth-order valence-electron chi connectivity index (χ4n) is 7.68. The molecule has 2 aromatic rings. The number of aliphatic hydroxyl groups excluding tert-OH is 1. The first-order valence-corrected chi connectivity index (χ1v) is 27.1. The van der Waals surface area contributed by atoms with Gasteiger partial charge in [-0.25, -0.2) is 4.79 Å². The fraction of sp³-hybridized carbons (Fsp3) is 0.577. The number of aliphatic carboxylic acids is 1. The van der Waals surface area contributed by atoms with Gasteiger partial charge in [-0.3, -0.25) is 43.2 Å². The van der Waals surface area contributed by atoms with Crippen molar-refractivity contribution in [3.8, 4) is 5.75 Å². The van der Waals surface area contributed by atoms with Gasteiger partial charge < -0.3 is 75.1 Å². The summed E-state index contributed by atoms with van der Waals surface area (Å²) in [6.07, 6.45) is 0.527. The Morgan fingerprint density at radius 3 is 1.56 bits per heavy atom. The number of rotatable bonds is 35. The highest BCUT2D eigenvalue weighted by molar-refractivity contribution is 7.98. The third-order valence-electron chi connectivity index (χ3n) is 12.2. The number of nitrogens with two attached hydrogens (primary N) is 3. The predicted molar refractivity (Wildman–Crippen MR) is 289 cm³/mol. The van der Waals surface area contributed by atoms with Crippen LogP contribution in [0.4, 0.5) is 0 Å². The van der Waals surface area contributed by atoms with Crippen LogP contribution >= 0.6 is 11.8 Å². The third kappa shape index (κ3) is 24.4. The van der Waals surface area contributed by atoms with E-state index in [9.17, 15) is 63.3 Å². The normalized spacial score (nSPS) is 15.1. The molecule has 0 bridgehead atoms. The minimum atomic E-state index is -1.50. The number of carbonyl (C=O) groups is 10. The average molecular weight is 1100 g/mol. The molecule has 17 N–H and O–H groups in total. The molecule has 0 spiro atoms. The molecule has 2 rings (SSSR count). The highest BCUT2D eigenvalue weighted by Crippen LogP contribution is 2.15. The van der Waals surface area contributed by atoms with E-state index in [-0.39, 0.29) is 63.2 Å². The van der Waals surface area contributed by atoms with E-state index in [1.165, 1.54) is 49.9 Å². The largest absolute Gasteiger partial charge is 0.508 e. The molecule has 0 radical (unpaired) electrons. The van der Waals surface area contributed by atoms with E-state index < -0.39 is 126 Å². The number of aliphatic hydroxyl groups is 1. The van der Waals surface area contributed by atoms with Crippen molar-refractivity contribution < 1.29 is 63.3 Å². The molecular weight excluding hydrogens is 1020 g/mol. The number of aromatic hydroxyl groups is 1. The van der Waals surface area contributed by atoms with Crippen molar-refractivity contribution in [3.63, 3.8) is 0 Å². The monoisotopic (exact) mass is 1100 g/mol. The zero-order valence-electron chi connectivity index (χ0n) is 45.0. The number of amides is 9. The number of carboxylic acids is 1. The molecule has 10 atom stereocenters. The number of thioether (sulfide) groups is 1. The highest BCUT2D eigenvalue weighted by Gasteiger charge is 2.36. The number of hydrogen-bond donors (Lipinski definition) is 14. The number of carbonyl (C=O) groups excluding carboxylic acids is 9. The van der Waals surface area contributed by atoms with Crippen LogP contribution in [-0.2, 0) is 60.8 Å². The molecule has 0 aliphatic rings. The van der Waals surface area contributed by atoms with Crippen LogP contribution in [0.1, 0.15) is 97.6 Å². The summed E-state index contributed by atoms with van der Waals surface area (Å²) in [5.41, 5.74) is 18.1. The molecule has 2 aromatic carbocycles. The molecule has 428 valence electrons. The van der Waals surface area contributed by atoms with Gasteiger partial charge in [-0.1, -0.05) is 70.2 Å². The lowest BCUT2D eigenvalue weighted by atomic mass is 9.98. The second-order valence-corrected chi connectivity index (χ2v) is 20.7. The van der Waals surface area contributed by atoms with Gasteiger partial charge in [0.05, 0.1) is 6.10 Å². The summed E-state index contributed by atoms with van der Waals surface area (Å²) in [6, 6.07) is 2.39. The van der Waals surface area contributed by atoms with Crippen LogP contribution in [-0.4, -0.2) is 153 Å². The van der Waals surface area contributed by atoms with E-state index in [4.69, 9.17) is 17.2 Å². The summed E-state index contributed by atoms with van der Waals surface area (Å²) in [5.74, 6) is -9.09. The third-order valence-corrected chi connectivity index (χ3v) is 12.8. The van der Waals surface area contributed by atoms with Crippen LogP contribution in [0.5, 0.6) is 5.75 Å². The summed E-state index contributed by atoms with van der Waals surface area (Å²) in [4.78, 5) is 135. The van der Waals surface area contributed by atoms with Crippen LogP contribution in [0, 0.1) is 11.8 Å². The number of carboxylic acid groups (broad SMARTS) is 1. The average Bonchev–Trinajstić information content (AvgIpc) is 3.36. The molecule has 0 aromatic heterocycles. The van der Waals surface area contributed by atoms with Gasteiger partial charge in [-0.2, -0.15) is 11.8 Å². The standard InChI is InChI=1S/C52H81N11O13S/c1-28(2)25-38(49(72)63-43(29(3)4)51(74)62-40(52(75)76)27-33-16-18-34(65)19-17-33)60-45(68)35(15-11-12-23-53)58-48(71)39(26-32-13-9-8-10-14-32)61-46(69)36(20-21-41(54)66)59-47(70)37(22-24-77-7)57-44(67)30(5)56-50(73)42(55)31(6)64/h8-10,13-14,16-19,28-31,35-40,42-43,64-65H,11-12,15,20-27,53,55H2,1-7H3,(H2,54,66)(H,56,73)(H,57,67)(H,58,71)(H,59,70)(H,60,68)(H,61,69)(H,62,74)(H,63,72)(H,75,76)/t30-,31+,35-,36-,37-,38-,39-,40-,42-,43-/m0/s1. The molecule has 25 heteroatoms. The molecule has 0 saturated heterocycles. The van der Waals surface area contributed by atoms with Gasteiger partial charge in [-0.15, -0.1) is 0 Å². The van der Waals surface area contributed by atoms with E-state index >= 15 is 0 Å². The van der Waals surface area contributed by atoms with Crippen molar-refractivity contribution in [2.24, 2.45) is 29.0 Å². The number of unbranched alkanes of at least 4 members (excludes halogenated alkanes) is 1. The number of primary amides is 1. The van der Waals surface area contributed by atoms with Crippen LogP contribution < -0.4 is 59.7 Å². The van der Waals surface area contributed by atoms with Crippen molar-refractivity contribution in [1.82, 2.24) is 42.5 Å². The molecule has 77 heavy (non-hydrogen) atoms.